The summed E-state index contributed by atoms with van der Waals surface area (Å²) in [7, 11) is 3.60. The zero-order valence-electron chi connectivity index (χ0n) is 13.4. The molecule has 120 valence electrons. The Morgan fingerprint density at radius 2 is 2.09 bits per heavy atom. The average Bonchev–Trinajstić information content (AvgIpc) is 2.81. The van der Waals surface area contributed by atoms with E-state index < -0.39 is 0 Å². The highest BCUT2D eigenvalue weighted by molar-refractivity contribution is 5.81. The minimum atomic E-state index is 0.458. The zero-order valence-corrected chi connectivity index (χ0v) is 13.4. The Balaban J connectivity index is 2.60. The van der Waals surface area contributed by atoms with Crippen LogP contribution < -0.4 is 16.2 Å². The maximum atomic E-state index is 6.19. The minimum absolute atomic E-state index is 0.458. The fourth-order valence-corrected chi connectivity index (χ4v) is 2.52. The number of nitrogens with two attached hydrogens (primary N) is 2. The highest BCUT2D eigenvalue weighted by Crippen LogP contribution is 2.37. The lowest BCUT2D eigenvalue weighted by Gasteiger charge is -2.14. The van der Waals surface area contributed by atoms with Gasteiger partial charge in [0.25, 0.3) is 0 Å². The second kappa shape index (κ2) is 7.29. The van der Waals surface area contributed by atoms with Gasteiger partial charge in [0, 0.05) is 25.8 Å². The van der Waals surface area contributed by atoms with Gasteiger partial charge in [-0.3, -0.25) is 0 Å². The third-order valence-corrected chi connectivity index (χ3v) is 3.59. The van der Waals surface area contributed by atoms with E-state index in [-0.39, 0.29) is 0 Å². The molecule has 2 aromatic rings. The summed E-state index contributed by atoms with van der Waals surface area (Å²) < 4.78 is 13.0. The first-order chi connectivity index (χ1) is 10.6. The number of hydrogen-bond acceptors (Lipinski definition) is 5. The van der Waals surface area contributed by atoms with Crippen LogP contribution in [0.15, 0.2) is 18.2 Å². The average molecular weight is 304 g/mol. The van der Waals surface area contributed by atoms with Crippen molar-refractivity contribution in [3.63, 3.8) is 0 Å². The smallest absolute Gasteiger partial charge is 0.135 e. The molecule has 0 radical (unpaired) electrons. The van der Waals surface area contributed by atoms with Crippen LogP contribution in [0.3, 0.4) is 0 Å². The molecule has 0 atom stereocenters. The summed E-state index contributed by atoms with van der Waals surface area (Å²) in [6, 6.07) is 5.63. The number of benzene rings is 1. The van der Waals surface area contributed by atoms with Gasteiger partial charge in [-0.25, -0.2) is 4.98 Å². The minimum Gasteiger partial charge on any atom is -0.496 e. The zero-order chi connectivity index (χ0) is 16.1. The molecule has 0 amide bonds. The van der Waals surface area contributed by atoms with E-state index in [1.165, 1.54) is 0 Å². The van der Waals surface area contributed by atoms with Crippen molar-refractivity contribution >= 4 is 5.69 Å². The Kier molecular flexibility index (Phi) is 5.41. The molecule has 6 heteroatoms. The molecule has 0 saturated carbocycles. The number of nitrogen functional groups attached to an aromatic ring is 1. The van der Waals surface area contributed by atoms with Crippen molar-refractivity contribution in [2.45, 2.75) is 20.0 Å². The Morgan fingerprint density at radius 1 is 1.32 bits per heavy atom. The monoisotopic (exact) mass is 304 g/mol. The van der Waals surface area contributed by atoms with Crippen molar-refractivity contribution in [3.8, 4) is 17.0 Å². The van der Waals surface area contributed by atoms with E-state index in [9.17, 15) is 0 Å². The van der Waals surface area contributed by atoms with Gasteiger partial charge in [-0.05, 0) is 25.6 Å². The molecule has 0 aliphatic heterocycles. The molecule has 0 aliphatic carbocycles. The van der Waals surface area contributed by atoms with Gasteiger partial charge in [-0.1, -0.05) is 6.07 Å². The Bertz CT molecular complexity index is 637. The van der Waals surface area contributed by atoms with Gasteiger partial charge >= 0.3 is 0 Å². The van der Waals surface area contributed by atoms with Gasteiger partial charge in [0.1, 0.15) is 18.2 Å². The van der Waals surface area contributed by atoms with Gasteiger partial charge in [-0.15, -0.1) is 0 Å². The number of imidazole rings is 1. The summed E-state index contributed by atoms with van der Waals surface area (Å²) >= 11 is 0. The van der Waals surface area contributed by atoms with Crippen LogP contribution in [0.5, 0.6) is 5.75 Å². The van der Waals surface area contributed by atoms with E-state index in [1.807, 2.05) is 36.7 Å². The number of anilines is 1. The number of aromatic nitrogens is 2. The second-order valence-corrected chi connectivity index (χ2v) is 4.98. The SMILES string of the molecule is CCOCc1nc(CCN)c(-c2c(N)cccc2OC)n1C. The van der Waals surface area contributed by atoms with Crippen LogP contribution in [0, 0.1) is 0 Å². The second-order valence-electron chi connectivity index (χ2n) is 4.98. The van der Waals surface area contributed by atoms with E-state index >= 15 is 0 Å². The lowest BCUT2D eigenvalue weighted by molar-refractivity contribution is 0.126. The number of ether oxygens (including phenoxy) is 2. The van der Waals surface area contributed by atoms with Gasteiger partial charge < -0.3 is 25.5 Å². The van der Waals surface area contributed by atoms with E-state index in [1.54, 1.807) is 7.11 Å². The summed E-state index contributed by atoms with van der Waals surface area (Å²) in [6.07, 6.45) is 0.673. The van der Waals surface area contributed by atoms with Crippen LogP contribution in [-0.4, -0.2) is 29.8 Å². The molecule has 22 heavy (non-hydrogen) atoms. The number of rotatable bonds is 7. The lowest BCUT2D eigenvalue weighted by atomic mass is 10.0. The van der Waals surface area contributed by atoms with E-state index in [4.69, 9.17) is 20.9 Å². The van der Waals surface area contributed by atoms with Crippen molar-refractivity contribution in [2.24, 2.45) is 12.8 Å². The van der Waals surface area contributed by atoms with Gasteiger partial charge in [0.05, 0.1) is 24.1 Å². The maximum Gasteiger partial charge on any atom is 0.135 e. The number of hydrogen-bond donors (Lipinski definition) is 2. The third-order valence-electron chi connectivity index (χ3n) is 3.59. The van der Waals surface area contributed by atoms with Gasteiger partial charge in [0.2, 0.25) is 0 Å². The number of nitrogens with zero attached hydrogens (tertiary/aromatic N) is 2. The molecule has 2 rings (SSSR count). The first-order valence-electron chi connectivity index (χ1n) is 7.39. The first-order valence-corrected chi connectivity index (χ1v) is 7.39. The number of methoxy groups -OCH3 is 1. The normalized spacial score (nSPS) is 10.9. The molecule has 0 aliphatic rings. The molecule has 1 heterocycles. The van der Waals surface area contributed by atoms with E-state index in [2.05, 4.69) is 4.98 Å². The largest absolute Gasteiger partial charge is 0.496 e. The quantitative estimate of drug-likeness (QED) is 0.760. The predicted octanol–water partition coefficient (Wildman–Crippen LogP) is 1.72. The highest BCUT2D eigenvalue weighted by Gasteiger charge is 2.21. The van der Waals surface area contributed by atoms with E-state index in [0.29, 0.717) is 31.9 Å². The van der Waals surface area contributed by atoms with Crippen molar-refractivity contribution in [1.82, 2.24) is 9.55 Å². The summed E-state index contributed by atoms with van der Waals surface area (Å²) in [4.78, 5) is 4.68. The standard InChI is InChI=1S/C16H24N4O2/c1-4-22-10-14-19-12(8-9-17)16(20(14)2)15-11(18)6-5-7-13(15)21-3/h5-7H,4,8-10,17-18H2,1-3H3. The Morgan fingerprint density at radius 3 is 2.73 bits per heavy atom. The summed E-state index contributed by atoms with van der Waals surface area (Å²) in [5, 5.41) is 0. The van der Waals surface area contributed by atoms with Crippen molar-refractivity contribution < 1.29 is 9.47 Å². The predicted molar refractivity (Wildman–Crippen MR) is 87.7 cm³/mol. The molecule has 1 aromatic heterocycles. The maximum absolute atomic E-state index is 6.19. The molecule has 0 unspecified atom stereocenters. The van der Waals surface area contributed by atoms with Crippen LogP contribution >= 0.6 is 0 Å². The van der Waals surface area contributed by atoms with Gasteiger partial charge in [-0.2, -0.15) is 0 Å². The molecule has 0 saturated heterocycles. The molecule has 0 bridgehead atoms. The fraction of sp³-hybridized carbons (Fsp3) is 0.438. The Labute approximate surface area is 131 Å². The summed E-state index contributed by atoms with van der Waals surface area (Å²) in [5.41, 5.74) is 15.3. The van der Waals surface area contributed by atoms with Crippen molar-refractivity contribution in [1.29, 1.82) is 0 Å². The van der Waals surface area contributed by atoms with Crippen LogP contribution in [0.25, 0.3) is 11.3 Å². The highest BCUT2D eigenvalue weighted by atomic mass is 16.5. The molecule has 6 nitrogen and oxygen atoms in total. The molecular formula is C16H24N4O2. The van der Waals surface area contributed by atoms with Crippen molar-refractivity contribution in [2.75, 3.05) is 26.0 Å². The fourth-order valence-electron chi connectivity index (χ4n) is 2.52. The molecule has 0 spiro atoms. The van der Waals surface area contributed by atoms with Crippen molar-refractivity contribution in [3.05, 3.63) is 29.7 Å². The molecule has 0 fully saturated rings. The van der Waals surface area contributed by atoms with Crippen LogP contribution in [0.4, 0.5) is 5.69 Å². The third kappa shape index (κ3) is 3.08. The molecule has 4 N–H and O–H groups in total. The van der Waals surface area contributed by atoms with Crippen LogP contribution in [0.2, 0.25) is 0 Å². The first kappa shape index (κ1) is 16.3. The lowest BCUT2D eigenvalue weighted by Crippen LogP contribution is -2.06. The van der Waals surface area contributed by atoms with E-state index in [0.717, 1.165) is 28.5 Å². The van der Waals surface area contributed by atoms with Crippen LogP contribution in [-0.2, 0) is 24.8 Å². The molecular weight excluding hydrogens is 280 g/mol. The van der Waals surface area contributed by atoms with Crippen LogP contribution in [0.1, 0.15) is 18.4 Å². The topological polar surface area (TPSA) is 88.3 Å². The van der Waals surface area contributed by atoms with Gasteiger partial charge in [0.15, 0.2) is 0 Å². The molecule has 1 aromatic carbocycles. The Hall–Kier alpha value is -2.05. The summed E-state index contributed by atoms with van der Waals surface area (Å²) in [5.74, 6) is 1.58. The summed E-state index contributed by atoms with van der Waals surface area (Å²) in [6.45, 7) is 3.58.